The summed E-state index contributed by atoms with van der Waals surface area (Å²) in [6.07, 6.45) is 0. The van der Waals surface area contributed by atoms with E-state index in [0.29, 0.717) is 0 Å². The van der Waals surface area contributed by atoms with E-state index in [0.717, 1.165) is 17.3 Å². The molecule has 0 bridgehead atoms. The van der Waals surface area contributed by atoms with Crippen LogP contribution in [0.25, 0.3) is 0 Å². The van der Waals surface area contributed by atoms with Gasteiger partial charge in [0, 0.05) is 17.7 Å². The minimum absolute atomic E-state index is 0.271. The van der Waals surface area contributed by atoms with E-state index in [9.17, 15) is 0 Å². The van der Waals surface area contributed by atoms with E-state index in [1.165, 1.54) is 16.7 Å². The quantitative estimate of drug-likeness (QED) is 0.837. The number of aliphatic imine (C=N–C) groups is 1. The molecule has 102 valence electrons. The average Bonchev–Trinajstić information content (AvgIpc) is 2.88. The summed E-state index contributed by atoms with van der Waals surface area (Å²) in [5, 5.41) is 1.39. The van der Waals surface area contributed by atoms with E-state index < -0.39 is 0 Å². The highest BCUT2D eigenvalue weighted by Crippen LogP contribution is 2.49. The Balaban J connectivity index is 2.15. The summed E-state index contributed by atoms with van der Waals surface area (Å²) in [4.78, 5) is 4.64. The fourth-order valence-corrected chi connectivity index (χ4v) is 3.93. The van der Waals surface area contributed by atoms with Gasteiger partial charge >= 0.3 is 0 Å². The van der Waals surface area contributed by atoms with Crippen molar-refractivity contribution in [2.24, 2.45) is 4.99 Å². The van der Waals surface area contributed by atoms with Gasteiger partial charge in [-0.15, -0.1) is 0 Å². The van der Waals surface area contributed by atoms with Crippen LogP contribution in [0.1, 0.15) is 28.9 Å². The lowest BCUT2D eigenvalue weighted by atomic mass is 9.99. The van der Waals surface area contributed by atoms with Crippen molar-refractivity contribution in [2.45, 2.75) is 12.2 Å². The first-order chi connectivity index (χ1) is 9.85. The minimum atomic E-state index is 0.271. The molecule has 20 heavy (non-hydrogen) atoms. The lowest BCUT2D eigenvalue weighted by molar-refractivity contribution is 0.410. The molecule has 0 fully saturated rings. The molecule has 2 aromatic rings. The molecule has 1 aliphatic heterocycles. The van der Waals surface area contributed by atoms with Gasteiger partial charge in [0.1, 0.15) is 5.75 Å². The molecule has 0 N–H and O–H groups in total. The molecule has 0 radical (unpaired) electrons. The third kappa shape index (κ3) is 2.22. The fraction of sp³-hybridized carbons (Fsp3) is 0.235. The molecule has 1 aliphatic rings. The number of ether oxygens (including phenoxy) is 1. The van der Waals surface area contributed by atoms with E-state index in [2.05, 4.69) is 42.2 Å². The Bertz CT molecular complexity index is 637. The summed E-state index contributed by atoms with van der Waals surface area (Å²) >= 11 is 1.82. The number of fused-ring (bicyclic) bond motifs is 1. The summed E-state index contributed by atoms with van der Waals surface area (Å²) in [6.45, 7) is 2.88. The maximum Gasteiger partial charge on any atom is 0.124 e. The Morgan fingerprint density at radius 1 is 1.10 bits per heavy atom. The van der Waals surface area contributed by atoms with Crippen molar-refractivity contribution in [3.63, 3.8) is 0 Å². The van der Waals surface area contributed by atoms with Crippen molar-refractivity contribution < 1.29 is 4.74 Å². The molecule has 1 heterocycles. The third-order valence-corrected chi connectivity index (χ3v) is 4.73. The number of rotatable bonds is 3. The number of hydrogen-bond acceptors (Lipinski definition) is 3. The number of thioether (sulfide) groups is 1. The van der Waals surface area contributed by atoms with Crippen LogP contribution in [0.15, 0.2) is 53.5 Å². The largest absolute Gasteiger partial charge is 0.496 e. The second-order valence-electron chi connectivity index (χ2n) is 4.61. The summed E-state index contributed by atoms with van der Waals surface area (Å²) in [7, 11) is 1.73. The molecule has 0 amide bonds. The molecule has 1 atom stereocenters. The average molecular weight is 283 g/mol. The zero-order chi connectivity index (χ0) is 13.9. The number of hydrogen-bond donors (Lipinski definition) is 0. The van der Waals surface area contributed by atoms with Gasteiger partial charge in [0.25, 0.3) is 0 Å². The Morgan fingerprint density at radius 2 is 1.90 bits per heavy atom. The molecule has 0 saturated carbocycles. The van der Waals surface area contributed by atoms with Crippen molar-refractivity contribution in [1.82, 2.24) is 0 Å². The topological polar surface area (TPSA) is 21.6 Å². The van der Waals surface area contributed by atoms with Gasteiger partial charge in [0.05, 0.1) is 17.4 Å². The lowest BCUT2D eigenvalue weighted by Crippen LogP contribution is -1.97. The van der Waals surface area contributed by atoms with Crippen LogP contribution in [0.2, 0.25) is 0 Å². The van der Waals surface area contributed by atoms with Crippen LogP contribution in [0.4, 0.5) is 0 Å². The van der Waals surface area contributed by atoms with Crippen LogP contribution in [0.5, 0.6) is 5.75 Å². The van der Waals surface area contributed by atoms with Gasteiger partial charge in [-0.2, -0.15) is 0 Å². The van der Waals surface area contributed by atoms with Crippen molar-refractivity contribution in [3.8, 4) is 5.75 Å². The third-order valence-electron chi connectivity index (χ3n) is 3.41. The van der Waals surface area contributed by atoms with Gasteiger partial charge < -0.3 is 4.74 Å². The van der Waals surface area contributed by atoms with E-state index in [1.807, 2.05) is 30.0 Å². The SMILES string of the molecule is CCN=C1SC(c2ccccc2)c2c(OC)cccc21. The van der Waals surface area contributed by atoms with Gasteiger partial charge in [0.2, 0.25) is 0 Å². The second-order valence-corrected chi connectivity index (χ2v) is 5.70. The highest BCUT2D eigenvalue weighted by Gasteiger charge is 2.32. The molecule has 3 heteroatoms. The van der Waals surface area contributed by atoms with Crippen LogP contribution in [0.3, 0.4) is 0 Å². The molecule has 0 aromatic heterocycles. The highest BCUT2D eigenvalue weighted by atomic mass is 32.2. The minimum Gasteiger partial charge on any atom is -0.496 e. The number of methoxy groups -OCH3 is 1. The van der Waals surface area contributed by atoms with E-state index >= 15 is 0 Å². The van der Waals surface area contributed by atoms with Gasteiger partial charge in [-0.1, -0.05) is 54.2 Å². The lowest BCUT2D eigenvalue weighted by Gasteiger charge is -2.13. The zero-order valence-corrected chi connectivity index (χ0v) is 12.5. The molecule has 2 aromatic carbocycles. The fourth-order valence-electron chi connectivity index (χ4n) is 2.54. The monoisotopic (exact) mass is 283 g/mol. The van der Waals surface area contributed by atoms with Gasteiger partial charge in [-0.25, -0.2) is 0 Å². The molecule has 0 saturated heterocycles. The molecule has 3 rings (SSSR count). The van der Waals surface area contributed by atoms with E-state index in [-0.39, 0.29) is 5.25 Å². The summed E-state index contributed by atoms with van der Waals surface area (Å²) in [6, 6.07) is 16.8. The normalized spacial score (nSPS) is 19.1. The predicted molar refractivity (Wildman–Crippen MR) is 85.9 cm³/mol. The Labute approximate surface area is 123 Å². The second kappa shape index (κ2) is 5.71. The van der Waals surface area contributed by atoms with E-state index in [4.69, 9.17) is 4.74 Å². The molecule has 0 aliphatic carbocycles. The summed E-state index contributed by atoms with van der Waals surface area (Å²) in [5.74, 6) is 0.949. The van der Waals surface area contributed by atoms with Crippen LogP contribution < -0.4 is 4.74 Å². The first-order valence-corrected chi connectivity index (χ1v) is 7.66. The van der Waals surface area contributed by atoms with Crippen LogP contribution in [-0.2, 0) is 0 Å². The van der Waals surface area contributed by atoms with Crippen LogP contribution in [0, 0.1) is 0 Å². The zero-order valence-electron chi connectivity index (χ0n) is 11.7. The summed E-state index contributed by atoms with van der Waals surface area (Å²) in [5.41, 5.74) is 3.76. The van der Waals surface area contributed by atoms with Gasteiger partial charge in [-0.05, 0) is 18.6 Å². The Kier molecular flexibility index (Phi) is 3.79. The molecule has 0 spiro atoms. The maximum atomic E-state index is 5.57. The van der Waals surface area contributed by atoms with Crippen molar-refractivity contribution >= 4 is 16.8 Å². The smallest absolute Gasteiger partial charge is 0.124 e. The van der Waals surface area contributed by atoms with Gasteiger partial charge in [0.15, 0.2) is 0 Å². The number of nitrogens with zero attached hydrogens (tertiary/aromatic N) is 1. The van der Waals surface area contributed by atoms with Crippen molar-refractivity contribution in [1.29, 1.82) is 0 Å². The van der Waals surface area contributed by atoms with Crippen LogP contribution >= 0.6 is 11.8 Å². The Morgan fingerprint density at radius 3 is 2.60 bits per heavy atom. The standard InChI is InChI=1S/C17H17NOS/c1-3-18-17-13-10-7-11-14(19-2)15(13)16(20-17)12-8-5-4-6-9-12/h4-11,16H,3H2,1-2H3. The summed E-state index contributed by atoms with van der Waals surface area (Å²) < 4.78 is 5.57. The Hall–Kier alpha value is -1.74. The highest BCUT2D eigenvalue weighted by molar-refractivity contribution is 8.15. The molecular weight excluding hydrogens is 266 g/mol. The van der Waals surface area contributed by atoms with Crippen molar-refractivity contribution in [3.05, 3.63) is 65.2 Å². The number of benzene rings is 2. The molecular formula is C17H17NOS. The van der Waals surface area contributed by atoms with E-state index in [1.54, 1.807) is 7.11 Å². The first kappa shape index (κ1) is 13.3. The van der Waals surface area contributed by atoms with Crippen molar-refractivity contribution in [2.75, 3.05) is 13.7 Å². The van der Waals surface area contributed by atoms with Crippen LogP contribution in [-0.4, -0.2) is 18.7 Å². The maximum absolute atomic E-state index is 5.57. The first-order valence-electron chi connectivity index (χ1n) is 6.78. The predicted octanol–water partition coefficient (Wildman–Crippen LogP) is 4.30. The molecule has 1 unspecified atom stereocenters. The van der Waals surface area contributed by atoms with Gasteiger partial charge in [-0.3, -0.25) is 4.99 Å². The molecule has 2 nitrogen and oxygen atoms in total.